The Kier molecular flexibility index (Phi) is 4.26. The molecule has 0 aliphatic carbocycles. The van der Waals surface area contributed by atoms with E-state index >= 15 is 0 Å². The minimum atomic E-state index is -0.942. The highest BCUT2D eigenvalue weighted by Gasteiger charge is 2.43. The molecule has 0 spiro atoms. The van der Waals surface area contributed by atoms with E-state index in [4.69, 9.17) is 10.5 Å². The molecule has 1 heterocycles. The average Bonchev–Trinajstić information content (AvgIpc) is 2.70. The van der Waals surface area contributed by atoms with E-state index in [2.05, 4.69) is 0 Å². The zero-order valence-electron chi connectivity index (χ0n) is 12.1. The molecule has 21 heavy (non-hydrogen) atoms. The Hall–Kier alpha value is -2.37. The summed E-state index contributed by atoms with van der Waals surface area (Å²) in [6, 6.07) is 9.02. The van der Waals surface area contributed by atoms with Gasteiger partial charge in [-0.15, -0.1) is 0 Å². The molecule has 1 unspecified atom stereocenters. The summed E-state index contributed by atoms with van der Waals surface area (Å²) in [4.78, 5) is 26.2. The Morgan fingerprint density at radius 2 is 1.90 bits per heavy atom. The first-order valence-corrected chi connectivity index (χ1v) is 6.82. The number of nitrogens with zero attached hydrogens (tertiary/aromatic N) is 2. The molecule has 1 saturated heterocycles. The zero-order valence-corrected chi connectivity index (χ0v) is 12.1. The summed E-state index contributed by atoms with van der Waals surface area (Å²) >= 11 is 0. The fourth-order valence-electron chi connectivity index (χ4n) is 2.68. The number of carboxylic acid groups (broad SMARTS) is 1. The number of benzene rings is 1. The number of likely N-dealkylation sites (N-methyl/N-ethyl adjacent to an activating group) is 1. The van der Waals surface area contributed by atoms with Gasteiger partial charge in [-0.3, -0.25) is 15.0 Å². The maximum Gasteiger partial charge on any atom is 0.303 e. The van der Waals surface area contributed by atoms with Crippen LogP contribution < -0.4 is 0 Å². The summed E-state index contributed by atoms with van der Waals surface area (Å²) in [5, 5.41) is 16.9. The SMILES string of the molecule is C[C@@H]1C(=O)N(C)C(c2ccccc2)N1C(=N)CCC(=O)O. The molecule has 1 amide bonds. The summed E-state index contributed by atoms with van der Waals surface area (Å²) < 4.78 is 0. The number of hydrogen-bond acceptors (Lipinski definition) is 3. The molecular formula is C15H19N3O3. The van der Waals surface area contributed by atoms with Crippen molar-refractivity contribution in [2.24, 2.45) is 0 Å². The van der Waals surface area contributed by atoms with Crippen molar-refractivity contribution < 1.29 is 14.7 Å². The van der Waals surface area contributed by atoms with Gasteiger partial charge in [-0.05, 0) is 12.5 Å². The number of aliphatic carboxylic acids is 1. The second-order valence-electron chi connectivity index (χ2n) is 5.16. The van der Waals surface area contributed by atoms with Gasteiger partial charge in [0, 0.05) is 13.5 Å². The van der Waals surface area contributed by atoms with Crippen LogP contribution >= 0.6 is 0 Å². The second kappa shape index (κ2) is 5.95. The van der Waals surface area contributed by atoms with Crippen molar-refractivity contribution in [3.05, 3.63) is 35.9 Å². The number of nitrogens with one attached hydrogen (secondary N) is 1. The van der Waals surface area contributed by atoms with Gasteiger partial charge in [0.15, 0.2) is 0 Å². The zero-order chi connectivity index (χ0) is 15.6. The van der Waals surface area contributed by atoms with Crippen molar-refractivity contribution in [1.29, 1.82) is 5.41 Å². The molecule has 2 N–H and O–H groups in total. The van der Waals surface area contributed by atoms with Crippen LogP contribution in [0.1, 0.15) is 31.5 Å². The Morgan fingerprint density at radius 3 is 2.48 bits per heavy atom. The maximum atomic E-state index is 12.2. The van der Waals surface area contributed by atoms with Gasteiger partial charge < -0.3 is 14.9 Å². The fraction of sp³-hybridized carbons (Fsp3) is 0.400. The molecule has 2 atom stereocenters. The molecule has 0 saturated carbocycles. The summed E-state index contributed by atoms with van der Waals surface area (Å²) in [7, 11) is 1.71. The van der Waals surface area contributed by atoms with Crippen LogP contribution in [0.4, 0.5) is 0 Å². The Bertz CT molecular complexity index is 559. The number of carbonyl (C=O) groups is 2. The minimum absolute atomic E-state index is 0.0658. The quantitative estimate of drug-likeness (QED) is 0.652. The predicted octanol–water partition coefficient (Wildman–Crippen LogP) is 1.69. The molecule has 1 fully saturated rings. The third-order valence-electron chi connectivity index (χ3n) is 3.74. The van der Waals surface area contributed by atoms with Gasteiger partial charge in [0.1, 0.15) is 12.2 Å². The van der Waals surface area contributed by atoms with E-state index < -0.39 is 12.0 Å². The van der Waals surface area contributed by atoms with Crippen molar-refractivity contribution in [2.75, 3.05) is 7.05 Å². The molecule has 112 valence electrons. The first-order valence-electron chi connectivity index (χ1n) is 6.82. The lowest BCUT2D eigenvalue weighted by Gasteiger charge is -2.31. The third-order valence-corrected chi connectivity index (χ3v) is 3.74. The van der Waals surface area contributed by atoms with Gasteiger partial charge in [0.2, 0.25) is 5.91 Å². The van der Waals surface area contributed by atoms with Crippen LogP contribution in [0.5, 0.6) is 0 Å². The van der Waals surface area contributed by atoms with Gasteiger partial charge in [0.05, 0.1) is 12.3 Å². The molecule has 0 aromatic heterocycles. The van der Waals surface area contributed by atoms with E-state index in [0.717, 1.165) is 5.56 Å². The summed E-state index contributed by atoms with van der Waals surface area (Å²) in [6.07, 6.45) is -0.346. The summed E-state index contributed by atoms with van der Waals surface area (Å²) in [5.41, 5.74) is 0.915. The van der Waals surface area contributed by atoms with Crippen molar-refractivity contribution in [1.82, 2.24) is 9.80 Å². The van der Waals surface area contributed by atoms with E-state index in [0.29, 0.717) is 0 Å². The van der Waals surface area contributed by atoms with Crippen LogP contribution in [-0.2, 0) is 9.59 Å². The lowest BCUT2D eigenvalue weighted by atomic mass is 10.1. The monoisotopic (exact) mass is 289 g/mol. The first kappa shape index (κ1) is 15.0. The van der Waals surface area contributed by atoms with Crippen LogP contribution in [0.3, 0.4) is 0 Å². The third kappa shape index (κ3) is 2.89. The lowest BCUT2D eigenvalue weighted by Crippen LogP contribution is -2.37. The predicted molar refractivity (Wildman–Crippen MR) is 77.9 cm³/mol. The second-order valence-corrected chi connectivity index (χ2v) is 5.16. The number of rotatable bonds is 4. The summed E-state index contributed by atoms with van der Waals surface area (Å²) in [6.45, 7) is 1.75. The molecule has 1 aliphatic heterocycles. The molecule has 2 rings (SSSR count). The van der Waals surface area contributed by atoms with E-state index in [1.54, 1.807) is 23.8 Å². The molecule has 6 heteroatoms. The van der Waals surface area contributed by atoms with Crippen LogP contribution in [-0.4, -0.2) is 45.7 Å². The normalized spacial score (nSPS) is 21.7. The van der Waals surface area contributed by atoms with Crippen LogP contribution in [0, 0.1) is 5.41 Å². The number of carbonyl (C=O) groups excluding carboxylic acids is 1. The maximum absolute atomic E-state index is 12.2. The Balaban J connectivity index is 2.29. The average molecular weight is 289 g/mol. The Labute approximate surface area is 123 Å². The highest BCUT2D eigenvalue weighted by Crippen LogP contribution is 2.33. The first-order chi connectivity index (χ1) is 9.93. The highest BCUT2D eigenvalue weighted by molar-refractivity contribution is 5.93. The minimum Gasteiger partial charge on any atom is -0.481 e. The van der Waals surface area contributed by atoms with E-state index in [9.17, 15) is 9.59 Å². The van der Waals surface area contributed by atoms with Crippen molar-refractivity contribution in [2.45, 2.75) is 32.0 Å². The topological polar surface area (TPSA) is 84.7 Å². The smallest absolute Gasteiger partial charge is 0.303 e. The molecule has 1 aromatic rings. The van der Waals surface area contributed by atoms with Crippen molar-refractivity contribution >= 4 is 17.7 Å². The van der Waals surface area contributed by atoms with Crippen LogP contribution in [0.25, 0.3) is 0 Å². The number of carboxylic acids is 1. The molecular weight excluding hydrogens is 270 g/mol. The number of amidine groups is 1. The number of amides is 1. The van der Waals surface area contributed by atoms with Crippen molar-refractivity contribution in [3.8, 4) is 0 Å². The van der Waals surface area contributed by atoms with Crippen LogP contribution in [0.15, 0.2) is 30.3 Å². The molecule has 0 bridgehead atoms. The van der Waals surface area contributed by atoms with Crippen molar-refractivity contribution in [3.63, 3.8) is 0 Å². The molecule has 6 nitrogen and oxygen atoms in total. The fourth-order valence-corrected chi connectivity index (χ4v) is 2.68. The van der Waals surface area contributed by atoms with Gasteiger partial charge >= 0.3 is 5.97 Å². The van der Waals surface area contributed by atoms with Gasteiger partial charge in [-0.25, -0.2) is 0 Å². The molecule has 0 radical (unpaired) electrons. The largest absolute Gasteiger partial charge is 0.481 e. The standard InChI is InChI=1S/C15H19N3O3/c1-10-15(21)17(2)14(11-6-4-3-5-7-11)18(10)12(16)8-9-13(19)20/h3-7,10,14,16H,8-9H2,1-2H3,(H,19,20)/t10-,14?/m1/s1. The highest BCUT2D eigenvalue weighted by atomic mass is 16.4. The molecule has 1 aliphatic rings. The van der Waals surface area contributed by atoms with E-state index in [1.807, 2.05) is 30.3 Å². The van der Waals surface area contributed by atoms with E-state index in [-0.39, 0.29) is 30.8 Å². The van der Waals surface area contributed by atoms with Gasteiger partial charge in [-0.2, -0.15) is 0 Å². The lowest BCUT2D eigenvalue weighted by molar-refractivity contribution is -0.136. The van der Waals surface area contributed by atoms with E-state index in [1.165, 1.54) is 0 Å². The summed E-state index contributed by atoms with van der Waals surface area (Å²) in [5.74, 6) is -0.831. The van der Waals surface area contributed by atoms with Crippen LogP contribution in [0.2, 0.25) is 0 Å². The Morgan fingerprint density at radius 1 is 1.29 bits per heavy atom. The number of hydrogen-bond donors (Lipinski definition) is 2. The van der Waals surface area contributed by atoms with Gasteiger partial charge in [0.25, 0.3) is 0 Å². The van der Waals surface area contributed by atoms with Gasteiger partial charge in [-0.1, -0.05) is 30.3 Å². The molecule has 1 aromatic carbocycles.